The Bertz CT molecular complexity index is 982. The van der Waals surface area contributed by atoms with Crippen molar-refractivity contribution >= 4 is 28.9 Å². The van der Waals surface area contributed by atoms with Crippen molar-refractivity contribution in [1.29, 1.82) is 0 Å². The first-order valence-corrected chi connectivity index (χ1v) is 9.08. The molecule has 28 heavy (non-hydrogen) atoms. The Labute approximate surface area is 164 Å². The molecule has 0 aliphatic heterocycles. The Morgan fingerprint density at radius 3 is 2.32 bits per heavy atom. The van der Waals surface area contributed by atoms with Crippen LogP contribution in [-0.4, -0.2) is 28.4 Å². The van der Waals surface area contributed by atoms with Crippen LogP contribution in [0, 0.1) is 6.92 Å². The quantitative estimate of drug-likeness (QED) is 0.647. The van der Waals surface area contributed by atoms with Crippen molar-refractivity contribution in [1.82, 2.24) is 10.2 Å². The summed E-state index contributed by atoms with van der Waals surface area (Å²) in [5.74, 6) is 0.340. The SMILES string of the molecule is CCN(C(=O)c1ccc(Nc2ccc(C(C)=O)cc2)nn1)c1cccc(C)c1. The number of hydrogen-bond donors (Lipinski definition) is 1. The molecule has 0 aliphatic carbocycles. The lowest BCUT2D eigenvalue weighted by molar-refractivity contribution is 0.0980. The fourth-order valence-corrected chi connectivity index (χ4v) is 2.83. The molecule has 0 fully saturated rings. The molecule has 1 aromatic heterocycles. The molecule has 1 heterocycles. The summed E-state index contributed by atoms with van der Waals surface area (Å²) in [4.78, 5) is 25.8. The summed E-state index contributed by atoms with van der Waals surface area (Å²) in [6, 6.07) is 18.2. The molecule has 6 heteroatoms. The number of amides is 1. The van der Waals surface area contributed by atoms with Gasteiger partial charge in [-0.2, -0.15) is 0 Å². The maximum Gasteiger partial charge on any atom is 0.278 e. The van der Waals surface area contributed by atoms with Gasteiger partial charge in [-0.05, 0) is 74.9 Å². The average molecular weight is 374 g/mol. The Kier molecular flexibility index (Phi) is 5.79. The lowest BCUT2D eigenvalue weighted by Gasteiger charge is -2.20. The van der Waals surface area contributed by atoms with Crippen LogP contribution in [0.15, 0.2) is 60.7 Å². The van der Waals surface area contributed by atoms with Gasteiger partial charge >= 0.3 is 0 Å². The summed E-state index contributed by atoms with van der Waals surface area (Å²) in [5, 5.41) is 11.3. The zero-order valence-electron chi connectivity index (χ0n) is 16.1. The number of carbonyl (C=O) groups excluding carboxylic acids is 2. The van der Waals surface area contributed by atoms with Gasteiger partial charge in [-0.25, -0.2) is 0 Å². The molecule has 0 radical (unpaired) electrons. The van der Waals surface area contributed by atoms with E-state index in [9.17, 15) is 9.59 Å². The highest BCUT2D eigenvalue weighted by Crippen LogP contribution is 2.19. The summed E-state index contributed by atoms with van der Waals surface area (Å²) >= 11 is 0. The number of benzene rings is 2. The third-order valence-corrected chi connectivity index (χ3v) is 4.32. The van der Waals surface area contributed by atoms with Gasteiger partial charge in [0.05, 0.1) is 0 Å². The van der Waals surface area contributed by atoms with E-state index in [-0.39, 0.29) is 17.4 Å². The van der Waals surface area contributed by atoms with E-state index in [1.54, 1.807) is 41.3 Å². The third kappa shape index (κ3) is 4.40. The molecule has 0 atom stereocenters. The van der Waals surface area contributed by atoms with Crippen LogP contribution < -0.4 is 10.2 Å². The van der Waals surface area contributed by atoms with Gasteiger partial charge in [-0.15, -0.1) is 10.2 Å². The number of ketones is 1. The van der Waals surface area contributed by atoms with Gasteiger partial charge < -0.3 is 10.2 Å². The van der Waals surface area contributed by atoms with Crippen LogP contribution in [0.2, 0.25) is 0 Å². The monoisotopic (exact) mass is 374 g/mol. The van der Waals surface area contributed by atoms with E-state index in [0.717, 1.165) is 16.9 Å². The van der Waals surface area contributed by atoms with Gasteiger partial charge in [0.1, 0.15) is 0 Å². The second kappa shape index (κ2) is 8.43. The predicted octanol–water partition coefficient (Wildman–Crippen LogP) is 4.40. The maximum atomic E-state index is 12.8. The molecule has 0 saturated heterocycles. The highest BCUT2D eigenvalue weighted by molar-refractivity contribution is 6.04. The number of anilines is 3. The predicted molar refractivity (Wildman–Crippen MR) is 110 cm³/mol. The molecule has 3 aromatic rings. The molecule has 0 aliphatic rings. The van der Waals surface area contributed by atoms with Crippen LogP contribution in [0.1, 0.15) is 40.3 Å². The number of aromatic nitrogens is 2. The molecule has 2 aromatic carbocycles. The van der Waals surface area contributed by atoms with E-state index in [1.165, 1.54) is 6.92 Å². The summed E-state index contributed by atoms with van der Waals surface area (Å²) in [6.07, 6.45) is 0. The second-order valence-corrected chi connectivity index (χ2v) is 6.45. The Hall–Kier alpha value is -3.54. The Morgan fingerprint density at radius 2 is 1.75 bits per heavy atom. The van der Waals surface area contributed by atoms with E-state index in [2.05, 4.69) is 15.5 Å². The largest absolute Gasteiger partial charge is 0.339 e. The molecule has 3 rings (SSSR count). The minimum atomic E-state index is -0.196. The number of nitrogens with one attached hydrogen (secondary N) is 1. The summed E-state index contributed by atoms with van der Waals surface area (Å²) in [5.41, 5.74) is 3.63. The van der Waals surface area contributed by atoms with Crippen molar-refractivity contribution in [2.45, 2.75) is 20.8 Å². The second-order valence-electron chi connectivity index (χ2n) is 6.45. The number of aryl methyl sites for hydroxylation is 1. The summed E-state index contributed by atoms with van der Waals surface area (Å²) in [6.45, 7) is 5.98. The smallest absolute Gasteiger partial charge is 0.278 e. The number of hydrogen-bond acceptors (Lipinski definition) is 5. The molecular formula is C22H22N4O2. The van der Waals surface area contributed by atoms with Crippen LogP contribution in [0.25, 0.3) is 0 Å². The highest BCUT2D eigenvalue weighted by atomic mass is 16.2. The molecule has 0 spiro atoms. The van der Waals surface area contributed by atoms with Gasteiger partial charge in [0.2, 0.25) is 0 Å². The zero-order chi connectivity index (χ0) is 20.1. The van der Waals surface area contributed by atoms with E-state index in [1.807, 2.05) is 38.1 Å². The minimum Gasteiger partial charge on any atom is -0.339 e. The molecule has 1 N–H and O–H groups in total. The van der Waals surface area contributed by atoms with Crippen LogP contribution >= 0.6 is 0 Å². The van der Waals surface area contributed by atoms with Crippen molar-refractivity contribution in [2.24, 2.45) is 0 Å². The maximum absolute atomic E-state index is 12.8. The van der Waals surface area contributed by atoms with Crippen LogP contribution in [-0.2, 0) is 0 Å². The first-order valence-electron chi connectivity index (χ1n) is 9.08. The van der Waals surface area contributed by atoms with Gasteiger partial charge in [0.15, 0.2) is 17.3 Å². The van der Waals surface area contributed by atoms with E-state index in [4.69, 9.17) is 0 Å². The molecule has 0 unspecified atom stereocenters. The topological polar surface area (TPSA) is 75.2 Å². The zero-order valence-corrected chi connectivity index (χ0v) is 16.1. The van der Waals surface area contributed by atoms with Crippen LogP contribution in [0.5, 0.6) is 0 Å². The molecule has 0 bridgehead atoms. The van der Waals surface area contributed by atoms with Crippen molar-refractivity contribution in [3.8, 4) is 0 Å². The molecule has 6 nitrogen and oxygen atoms in total. The number of Topliss-reactive ketones (excluding diaryl/α,β-unsaturated/α-hetero) is 1. The fraction of sp³-hybridized carbons (Fsp3) is 0.182. The van der Waals surface area contributed by atoms with Gasteiger partial charge in [0.25, 0.3) is 5.91 Å². The van der Waals surface area contributed by atoms with Gasteiger partial charge in [-0.3, -0.25) is 9.59 Å². The number of rotatable bonds is 6. The standard InChI is InChI=1S/C22H22N4O2/c1-4-26(19-7-5-6-15(2)14-19)22(28)20-12-13-21(25-24-20)23-18-10-8-17(9-11-18)16(3)27/h5-14H,4H2,1-3H3,(H,23,25). The Morgan fingerprint density at radius 1 is 1.00 bits per heavy atom. The lowest BCUT2D eigenvalue weighted by Crippen LogP contribution is -2.31. The van der Waals surface area contributed by atoms with Gasteiger partial charge in [-0.1, -0.05) is 12.1 Å². The van der Waals surface area contributed by atoms with Gasteiger partial charge in [0, 0.05) is 23.5 Å². The van der Waals surface area contributed by atoms with E-state index < -0.39 is 0 Å². The third-order valence-electron chi connectivity index (χ3n) is 4.32. The summed E-state index contributed by atoms with van der Waals surface area (Å²) < 4.78 is 0. The van der Waals surface area contributed by atoms with E-state index in [0.29, 0.717) is 17.9 Å². The van der Waals surface area contributed by atoms with Crippen molar-refractivity contribution in [3.05, 3.63) is 77.5 Å². The average Bonchev–Trinajstić information content (AvgIpc) is 2.69. The highest BCUT2D eigenvalue weighted by Gasteiger charge is 2.18. The number of nitrogens with zero attached hydrogens (tertiary/aromatic N) is 3. The molecule has 1 amide bonds. The van der Waals surface area contributed by atoms with Crippen molar-refractivity contribution in [2.75, 3.05) is 16.8 Å². The van der Waals surface area contributed by atoms with Crippen molar-refractivity contribution in [3.63, 3.8) is 0 Å². The summed E-state index contributed by atoms with van der Waals surface area (Å²) in [7, 11) is 0. The first kappa shape index (κ1) is 19.2. The molecule has 0 saturated carbocycles. The normalized spacial score (nSPS) is 10.4. The first-order chi connectivity index (χ1) is 13.5. The molecule has 142 valence electrons. The Balaban J connectivity index is 1.74. The number of carbonyl (C=O) groups is 2. The van der Waals surface area contributed by atoms with Crippen LogP contribution in [0.4, 0.5) is 17.2 Å². The molecular weight excluding hydrogens is 352 g/mol. The minimum absolute atomic E-state index is 0.0169. The fourth-order valence-electron chi connectivity index (χ4n) is 2.83. The van der Waals surface area contributed by atoms with Crippen LogP contribution in [0.3, 0.4) is 0 Å². The lowest BCUT2D eigenvalue weighted by atomic mass is 10.1. The van der Waals surface area contributed by atoms with Crippen molar-refractivity contribution < 1.29 is 9.59 Å². The van der Waals surface area contributed by atoms with E-state index >= 15 is 0 Å².